The van der Waals surface area contributed by atoms with Gasteiger partial charge in [0.25, 0.3) is 5.91 Å². The van der Waals surface area contributed by atoms with E-state index in [1.165, 1.54) is 5.56 Å². The fraction of sp³-hybridized carbons (Fsp3) is 0.333. The molecule has 0 aliphatic carbocycles. The van der Waals surface area contributed by atoms with Crippen molar-refractivity contribution in [3.8, 4) is 11.5 Å². The number of rotatable bonds is 5. The number of amides is 1. The Bertz CT molecular complexity index is 1380. The molecule has 1 fully saturated rings. The van der Waals surface area contributed by atoms with E-state index >= 15 is 0 Å². The van der Waals surface area contributed by atoms with Gasteiger partial charge in [0.05, 0.1) is 10.7 Å². The molecule has 4 aromatic rings. The number of ether oxygens (including phenoxy) is 2. The fourth-order valence-electron chi connectivity index (χ4n) is 4.97. The molecule has 2 aliphatic heterocycles. The van der Waals surface area contributed by atoms with Crippen molar-refractivity contribution in [3.63, 3.8) is 0 Å². The monoisotopic (exact) mass is 547 g/mol. The second kappa shape index (κ2) is 9.89. The number of aryl methyl sites for hydroxylation is 2. The van der Waals surface area contributed by atoms with Crippen LogP contribution in [0.25, 0.3) is 5.65 Å². The molecule has 9 heteroatoms. The molecule has 0 N–H and O–H groups in total. The smallest absolute Gasteiger partial charge is 0.267 e. The van der Waals surface area contributed by atoms with Crippen molar-refractivity contribution >= 4 is 27.5 Å². The van der Waals surface area contributed by atoms with E-state index in [-0.39, 0.29) is 18.4 Å². The van der Waals surface area contributed by atoms with E-state index in [9.17, 15) is 4.79 Å². The molecular weight excluding hydrogens is 522 g/mol. The predicted molar refractivity (Wildman–Crippen MR) is 137 cm³/mol. The third-order valence-electron chi connectivity index (χ3n) is 6.92. The Morgan fingerprint density at radius 2 is 1.89 bits per heavy atom. The van der Waals surface area contributed by atoms with Crippen molar-refractivity contribution in [3.05, 3.63) is 82.5 Å². The summed E-state index contributed by atoms with van der Waals surface area (Å²) in [7, 11) is 0. The minimum Gasteiger partial charge on any atom is -0.485 e. The van der Waals surface area contributed by atoms with Gasteiger partial charge in [0.2, 0.25) is 6.10 Å². The van der Waals surface area contributed by atoms with Crippen molar-refractivity contribution in [2.24, 2.45) is 0 Å². The second-order valence-electron chi connectivity index (χ2n) is 9.23. The summed E-state index contributed by atoms with van der Waals surface area (Å²) in [5.74, 6) is 1.58. The predicted octanol–water partition coefficient (Wildman–Crippen LogP) is 4.22. The minimum atomic E-state index is -0.604. The van der Waals surface area contributed by atoms with E-state index < -0.39 is 6.10 Å². The Morgan fingerprint density at radius 3 is 2.69 bits per heavy atom. The molecule has 8 nitrogen and oxygen atoms in total. The topological polar surface area (TPSA) is 81.9 Å². The average molecular weight is 548 g/mol. The Balaban J connectivity index is 1.15. The molecule has 1 unspecified atom stereocenters. The zero-order valence-electron chi connectivity index (χ0n) is 19.7. The lowest BCUT2D eigenvalue weighted by molar-refractivity contribution is -0.142. The van der Waals surface area contributed by atoms with E-state index in [0.717, 1.165) is 47.2 Å². The number of carbonyl (C=O) groups excluding carboxylic acids is 1. The highest BCUT2D eigenvalue weighted by Crippen LogP contribution is 2.33. The van der Waals surface area contributed by atoms with Gasteiger partial charge in [-0.15, -0.1) is 0 Å². The van der Waals surface area contributed by atoms with E-state index in [4.69, 9.17) is 14.5 Å². The number of likely N-dealkylation sites (tertiary alicyclic amines) is 1. The van der Waals surface area contributed by atoms with Gasteiger partial charge in [-0.3, -0.25) is 9.78 Å². The van der Waals surface area contributed by atoms with Crippen LogP contribution in [-0.4, -0.2) is 56.2 Å². The summed E-state index contributed by atoms with van der Waals surface area (Å²) in [6, 6.07) is 13.7. The Kier molecular flexibility index (Phi) is 6.31. The molecule has 5 heterocycles. The first kappa shape index (κ1) is 23.0. The van der Waals surface area contributed by atoms with Crippen LogP contribution >= 0.6 is 15.9 Å². The molecule has 6 rings (SSSR count). The molecule has 1 amide bonds. The number of hydrogen-bond acceptors (Lipinski definition) is 6. The van der Waals surface area contributed by atoms with Gasteiger partial charge in [0.15, 0.2) is 17.1 Å². The number of halogens is 1. The zero-order valence-corrected chi connectivity index (χ0v) is 21.3. The minimum absolute atomic E-state index is 0.0120. The quantitative estimate of drug-likeness (QED) is 0.372. The lowest BCUT2D eigenvalue weighted by Crippen LogP contribution is -2.48. The molecule has 1 saturated heterocycles. The summed E-state index contributed by atoms with van der Waals surface area (Å²) in [5, 5.41) is 4.53. The zero-order chi connectivity index (χ0) is 24.5. The van der Waals surface area contributed by atoms with E-state index in [1.54, 1.807) is 12.4 Å². The van der Waals surface area contributed by atoms with Gasteiger partial charge in [-0.1, -0.05) is 18.2 Å². The number of para-hydroxylation sites is 2. The SMILES string of the molecule is O=C(C1COc2ccccc2O1)N1CCC(c2cc(CCc3cccnc3)n3ncc(Br)c3n2)CC1. The van der Waals surface area contributed by atoms with Crippen LogP contribution in [0.4, 0.5) is 0 Å². The molecule has 2 aliphatic rings. The highest BCUT2D eigenvalue weighted by atomic mass is 79.9. The maximum Gasteiger partial charge on any atom is 0.267 e. The number of nitrogens with zero attached hydrogens (tertiary/aromatic N) is 5. The lowest BCUT2D eigenvalue weighted by Gasteiger charge is -2.35. The average Bonchev–Trinajstić information content (AvgIpc) is 3.32. The van der Waals surface area contributed by atoms with Crippen LogP contribution in [0, 0.1) is 0 Å². The highest BCUT2D eigenvalue weighted by molar-refractivity contribution is 9.10. The summed E-state index contributed by atoms with van der Waals surface area (Å²) in [4.78, 5) is 24.2. The van der Waals surface area contributed by atoms with Crippen LogP contribution in [0.15, 0.2) is 65.5 Å². The van der Waals surface area contributed by atoms with Gasteiger partial charge >= 0.3 is 0 Å². The summed E-state index contributed by atoms with van der Waals surface area (Å²) >= 11 is 3.61. The van der Waals surface area contributed by atoms with Gasteiger partial charge in [0, 0.05) is 42.8 Å². The lowest BCUT2D eigenvalue weighted by atomic mass is 9.92. The number of benzene rings is 1. The fourth-order valence-corrected chi connectivity index (χ4v) is 5.31. The third-order valence-corrected chi connectivity index (χ3v) is 7.48. The van der Waals surface area contributed by atoms with Gasteiger partial charge in [-0.25, -0.2) is 9.50 Å². The number of piperidine rings is 1. The van der Waals surface area contributed by atoms with Crippen molar-refractivity contribution < 1.29 is 14.3 Å². The van der Waals surface area contributed by atoms with E-state index in [0.29, 0.717) is 24.6 Å². The Hall–Kier alpha value is -3.46. The maximum atomic E-state index is 13.1. The maximum absolute atomic E-state index is 13.1. The third kappa shape index (κ3) is 4.55. The van der Waals surface area contributed by atoms with E-state index in [2.05, 4.69) is 38.1 Å². The van der Waals surface area contributed by atoms with Crippen LogP contribution in [0.1, 0.15) is 35.7 Å². The number of aromatic nitrogens is 4. The van der Waals surface area contributed by atoms with Crippen molar-refractivity contribution in [2.75, 3.05) is 19.7 Å². The molecule has 1 atom stereocenters. The molecule has 0 saturated carbocycles. The summed E-state index contributed by atoms with van der Waals surface area (Å²) in [6.07, 6.45) is 8.32. The van der Waals surface area contributed by atoms with Crippen molar-refractivity contribution in [1.82, 2.24) is 24.5 Å². The first-order valence-corrected chi connectivity index (χ1v) is 13.0. The number of carbonyl (C=O) groups is 1. The molecule has 3 aromatic heterocycles. The first-order chi connectivity index (χ1) is 17.7. The molecule has 0 radical (unpaired) electrons. The normalized spacial score (nSPS) is 17.9. The molecule has 0 bridgehead atoms. The van der Waals surface area contributed by atoms with Crippen LogP contribution in [-0.2, 0) is 17.6 Å². The largest absolute Gasteiger partial charge is 0.485 e. The van der Waals surface area contributed by atoms with Crippen molar-refractivity contribution in [1.29, 1.82) is 0 Å². The molecule has 0 spiro atoms. The van der Waals surface area contributed by atoms with Crippen LogP contribution < -0.4 is 9.47 Å². The van der Waals surface area contributed by atoms with Crippen LogP contribution in [0.5, 0.6) is 11.5 Å². The molecule has 184 valence electrons. The number of pyridine rings is 1. The van der Waals surface area contributed by atoms with E-state index in [1.807, 2.05) is 45.9 Å². The Labute approximate surface area is 217 Å². The number of hydrogen-bond donors (Lipinski definition) is 0. The highest BCUT2D eigenvalue weighted by Gasteiger charge is 2.33. The molecule has 36 heavy (non-hydrogen) atoms. The van der Waals surface area contributed by atoms with Crippen molar-refractivity contribution in [2.45, 2.75) is 37.7 Å². The van der Waals surface area contributed by atoms with Gasteiger partial charge in [-0.05, 0) is 71.4 Å². The summed E-state index contributed by atoms with van der Waals surface area (Å²) < 4.78 is 14.5. The van der Waals surface area contributed by atoms with Gasteiger partial charge in [-0.2, -0.15) is 5.10 Å². The van der Waals surface area contributed by atoms with Gasteiger partial charge in [0.1, 0.15) is 6.61 Å². The summed E-state index contributed by atoms with van der Waals surface area (Å²) in [6.45, 7) is 1.58. The van der Waals surface area contributed by atoms with Crippen LogP contribution in [0.3, 0.4) is 0 Å². The number of fused-ring (bicyclic) bond motifs is 2. The molecule has 1 aromatic carbocycles. The summed E-state index contributed by atoms with van der Waals surface area (Å²) in [5.41, 5.74) is 4.20. The van der Waals surface area contributed by atoms with Crippen LogP contribution in [0.2, 0.25) is 0 Å². The second-order valence-corrected chi connectivity index (χ2v) is 10.1. The first-order valence-electron chi connectivity index (χ1n) is 12.2. The Morgan fingerprint density at radius 1 is 1.06 bits per heavy atom. The molecular formula is C27H26BrN5O3. The standard InChI is InChI=1S/C27H26BrN5O3/c28-21-16-30-33-20(8-7-18-4-3-11-29-15-18)14-22(31-26(21)33)19-9-12-32(13-10-19)27(34)25-17-35-23-5-1-2-6-24(23)36-25/h1-6,11,14-16,19,25H,7-10,12-13,17H2. The van der Waals surface area contributed by atoms with Gasteiger partial charge < -0.3 is 14.4 Å².